The number of aliphatic imine (C=N–C) groups is 1. The third-order valence-corrected chi connectivity index (χ3v) is 4.29. The van der Waals surface area contributed by atoms with Gasteiger partial charge in [0.2, 0.25) is 0 Å². The molecule has 1 aromatic rings. The van der Waals surface area contributed by atoms with E-state index in [2.05, 4.69) is 72.0 Å². The largest absolute Gasteiger partial charge is 0.357 e. The predicted molar refractivity (Wildman–Crippen MR) is 98.7 cm³/mol. The fourth-order valence-electron chi connectivity index (χ4n) is 2.48. The summed E-state index contributed by atoms with van der Waals surface area (Å²) >= 11 is 1.72. The summed E-state index contributed by atoms with van der Waals surface area (Å²) in [5.74, 6) is 0.911. The number of guanidine groups is 1. The lowest BCUT2D eigenvalue weighted by Gasteiger charge is -2.30. The maximum absolute atomic E-state index is 4.63. The maximum atomic E-state index is 4.63. The maximum Gasteiger partial charge on any atom is 0.191 e. The molecule has 0 aliphatic heterocycles. The molecule has 0 fully saturated rings. The molecule has 1 heterocycles. The van der Waals surface area contributed by atoms with Gasteiger partial charge in [-0.2, -0.15) is 11.3 Å². The molecule has 0 atom stereocenters. The van der Waals surface area contributed by atoms with Crippen LogP contribution in [0.25, 0.3) is 0 Å². The minimum absolute atomic E-state index is 0.598. The van der Waals surface area contributed by atoms with Gasteiger partial charge in [-0.1, -0.05) is 0 Å². The highest BCUT2D eigenvalue weighted by atomic mass is 32.1. The van der Waals surface area contributed by atoms with Gasteiger partial charge in [0.25, 0.3) is 0 Å². The van der Waals surface area contributed by atoms with Crippen LogP contribution < -0.4 is 10.6 Å². The Bertz CT molecular complexity index is 404. The monoisotopic (exact) mass is 324 g/mol. The molecular weight excluding hydrogens is 292 g/mol. The quantitative estimate of drug-likeness (QED) is 0.416. The molecule has 1 rings (SSSR count). The molecule has 0 aliphatic rings. The first-order chi connectivity index (χ1) is 10.5. The molecule has 0 aliphatic carbocycles. The van der Waals surface area contributed by atoms with Gasteiger partial charge in [-0.15, -0.1) is 0 Å². The van der Waals surface area contributed by atoms with Gasteiger partial charge in [-0.05, 0) is 63.4 Å². The zero-order valence-electron chi connectivity index (χ0n) is 14.7. The van der Waals surface area contributed by atoms with Gasteiger partial charge in [-0.3, -0.25) is 4.90 Å². The second kappa shape index (κ2) is 10.6. The van der Waals surface area contributed by atoms with Crippen LogP contribution in [0.2, 0.25) is 0 Å². The van der Waals surface area contributed by atoms with E-state index >= 15 is 0 Å². The summed E-state index contributed by atoms with van der Waals surface area (Å²) in [6.45, 7) is 14.8. The summed E-state index contributed by atoms with van der Waals surface area (Å²) in [6, 6.07) is 3.32. The van der Waals surface area contributed by atoms with Crippen molar-refractivity contribution in [3.8, 4) is 0 Å². The van der Waals surface area contributed by atoms with Crippen LogP contribution in [0.15, 0.2) is 21.8 Å². The molecule has 0 bridgehead atoms. The van der Waals surface area contributed by atoms with Gasteiger partial charge >= 0.3 is 0 Å². The molecular formula is C17H32N4S. The van der Waals surface area contributed by atoms with E-state index < -0.39 is 0 Å². The molecule has 0 radical (unpaired) electrons. The first-order valence-corrected chi connectivity index (χ1v) is 9.27. The topological polar surface area (TPSA) is 39.7 Å². The first kappa shape index (κ1) is 19.0. The molecule has 0 spiro atoms. The van der Waals surface area contributed by atoms with Crippen molar-refractivity contribution >= 4 is 17.3 Å². The van der Waals surface area contributed by atoms with Crippen molar-refractivity contribution in [2.75, 3.05) is 19.6 Å². The highest BCUT2D eigenvalue weighted by molar-refractivity contribution is 7.07. The molecule has 1 aromatic heterocycles. The summed E-state index contributed by atoms with van der Waals surface area (Å²) in [6.07, 6.45) is 1.12. The summed E-state index contributed by atoms with van der Waals surface area (Å²) in [5, 5.41) is 11.0. The van der Waals surface area contributed by atoms with Crippen molar-refractivity contribution in [2.45, 2.75) is 59.7 Å². The summed E-state index contributed by atoms with van der Waals surface area (Å²) in [7, 11) is 0. The Labute approximate surface area is 140 Å². The van der Waals surface area contributed by atoms with Crippen LogP contribution in [0, 0.1) is 0 Å². The fraction of sp³-hybridized carbons (Fsp3) is 0.706. The molecule has 5 heteroatoms. The van der Waals surface area contributed by atoms with Crippen LogP contribution in [-0.2, 0) is 6.54 Å². The van der Waals surface area contributed by atoms with Crippen LogP contribution in [0.5, 0.6) is 0 Å². The van der Waals surface area contributed by atoms with Crippen molar-refractivity contribution in [3.63, 3.8) is 0 Å². The molecule has 0 unspecified atom stereocenters. The Morgan fingerprint density at radius 2 is 1.95 bits per heavy atom. The Morgan fingerprint density at radius 1 is 1.23 bits per heavy atom. The number of rotatable bonds is 9. The van der Waals surface area contributed by atoms with Gasteiger partial charge in [-0.25, -0.2) is 4.99 Å². The van der Waals surface area contributed by atoms with E-state index in [9.17, 15) is 0 Å². The Kier molecular flexibility index (Phi) is 9.16. The van der Waals surface area contributed by atoms with Gasteiger partial charge in [0, 0.05) is 31.7 Å². The minimum Gasteiger partial charge on any atom is -0.357 e. The van der Waals surface area contributed by atoms with Crippen LogP contribution in [0.4, 0.5) is 0 Å². The second-order valence-corrected chi connectivity index (χ2v) is 6.81. The smallest absolute Gasteiger partial charge is 0.191 e. The zero-order valence-corrected chi connectivity index (χ0v) is 15.5. The predicted octanol–water partition coefficient (Wildman–Crippen LogP) is 3.31. The van der Waals surface area contributed by atoms with Crippen LogP contribution in [0.3, 0.4) is 0 Å². The normalized spacial score (nSPS) is 12.5. The summed E-state index contributed by atoms with van der Waals surface area (Å²) < 4.78 is 0. The van der Waals surface area contributed by atoms with Crippen LogP contribution >= 0.6 is 11.3 Å². The minimum atomic E-state index is 0.598. The lowest BCUT2D eigenvalue weighted by Crippen LogP contribution is -2.41. The fourth-order valence-corrected chi connectivity index (χ4v) is 3.14. The number of thiophene rings is 1. The average molecular weight is 325 g/mol. The molecule has 0 saturated heterocycles. The molecule has 2 N–H and O–H groups in total. The van der Waals surface area contributed by atoms with Crippen LogP contribution in [-0.4, -0.2) is 42.6 Å². The molecule has 4 nitrogen and oxygen atoms in total. The highest BCUT2D eigenvalue weighted by Gasteiger charge is 2.12. The van der Waals surface area contributed by atoms with Crippen molar-refractivity contribution in [3.05, 3.63) is 22.4 Å². The molecule has 22 heavy (non-hydrogen) atoms. The number of hydrogen-bond acceptors (Lipinski definition) is 3. The van der Waals surface area contributed by atoms with E-state index in [1.165, 1.54) is 5.56 Å². The second-order valence-electron chi connectivity index (χ2n) is 6.03. The van der Waals surface area contributed by atoms with Gasteiger partial charge in [0.1, 0.15) is 0 Å². The van der Waals surface area contributed by atoms with Crippen molar-refractivity contribution in [1.29, 1.82) is 0 Å². The molecule has 0 saturated carbocycles. The first-order valence-electron chi connectivity index (χ1n) is 8.33. The molecule has 0 amide bonds. The van der Waals surface area contributed by atoms with E-state index in [4.69, 9.17) is 0 Å². The zero-order chi connectivity index (χ0) is 16.4. The standard InChI is InChI=1S/C17H32N4S/c1-6-18-17(20-12-16-8-11-22-13-16)19-9-7-10-21(14(2)3)15(4)5/h8,11,13-15H,6-7,9-10,12H2,1-5H3,(H2,18,19,20). The van der Waals surface area contributed by atoms with E-state index in [1.54, 1.807) is 11.3 Å². The van der Waals surface area contributed by atoms with Gasteiger partial charge in [0.05, 0.1) is 6.54 Å². The Balaban J connectivity index is 2.36. The van der Waals surface area contributed by atoms with E-state index in [-0.39, 0.29) is 0 Å². The van der Waals surface area contributed by atoms with Crippen molar-refractivity contribution in [1.82, 2.24) is 15.5 Å². The van der Waals surface area contributed by atoms with E-state index in [0.717, 1.165) is 38.6 Å². The third-order valence-electron chi connectivity index (χ3n) is 3.56. The van der Waals surface area contributed by atoms with E-state index in [0.29, 0.717) is 12.1 Å². The Morgan fingerprint density at radius 3 is 2.50 bits per heavy atom. The molecule has 0 aromatic carbocycles. The third kappa shape index (κ3) is 7.27. The van der Waals surface area contributed by atoms with Crippen molar-refractivity contribution < 1.29 is 0 Å². The van der Waals surface area contributed by atoms with Crippen LogP contribution in [0.1, 0.15) is 46.6 Å². The highest BCUT2D eigenvalue weighted by Crippen LogP contribution is 2.07. The average Bonchev–Trinajstić information content (AvgIpc) is 2.96. The van der Waals surface area contributed by atoms with E-state index in [1.807, 2.05) is 0 Å². The number of nitrogens with one attached hydrogen (secondary N) is 2. The molecule has 126 valence electrons. The lowest BCUT2D eigenvalue weighted by molar-refractivity contribution is 0.173. The summed E-state index contributed by atoms with van der Waals surface area (Å²) in [4.78, 5) is 7.16. The number of nitrogens with zero attached hydrogens (tertiary/aromatic N) is 2. The van der Waals surface area contributed by atoms with Crippen molar-refractivity contribution in [2.24, 2.45) is 4.99 Å². The van der Waals surface area contributed by atoms with Gasteiger partial charge in [0.15, 0.2) is 5.96 Å². The SMILES string of the molecule is CCNC(=NCc1ccsc1)NCCCN(C(C)C)C(C)C. The number of hydrogen-bond donors (Lipinski definition) is 2. The van der Waals surface area contributed by atoms with Gasteiger partial charge < -0.3 is 10.6 Å². The Hall–Kier alpha value is -1.07. The summed E-state index contributed by atoms with van der Waals surface area (Å²) in [5.41, 5.74) is 1.27. The lowest BCUT2D eigenvalue weighted by atomic mass is 10.2.